The number of aliphatic hydroxyl groups excluding tert-OH is 2. The molecule has 0 aliphatic rings. The standard InChI is InChI=1S/C9H14N2O3/c1-7(13)8(6-10)9(14)11-4-2-3-5-12/h12-13H,2-5H2,1H3,(H,11,14)/b8-7-. The summed E-state index contributed by atoms with van der Waals surface area (Å²) in [7, 11) is 0. The van der Waals surface area contributed by atoms with Gasteiger partial charge in [0.2, 0.25) is 0 Å². The molecule has 0 saturated carbocycles. The number of amides is 1. The SMILES string of the molecule is C/C(O)=C(\C#N)C(=O)NCCCCO. The molecular formula is C9H14N2O3. The third-order valence-electron chi connectivity index (χ3n) is 1.57. The minimum atomic E-state index is -0.578. The lowest BCUT2D eigenvalue weighted by molar-refractivity contribution is -0.117. The van der Waals surface area contributed by atoms with Crippen LogP contribution in [0.3, 0.4) is 0 Å². The maximum atomic E-state index is 11.2. The molecule has 0 bridgehead atoms. The van der Waals surface area contributed by atoms with Crippen LogP contribution >= 0.6 is 0 Å². The van der Waals surface area contributed by atoms with E-state index in [-0.39, 0.29) is 17.9 Å². The Balaban J connectivity index is 3.98. The summed E-state index contributed by atoms with van der Waals surface area (Å²) in [5.74, 6) is -0.863. The molecule has 3 N–H and O–H groups in total. The molecule has 0 aliphatic carbocycles. The molecular weight excluding hydrogens is 184 g/mol. The number of rotatable bonds is 5. The Morgan fingerprint density at radius 2 is 2.14 bits per heavy atom. The Labute approximate surface area is 82.7 Å². The van der Waals surface area contributed by atoms with Gasteiger partial charge in [-0.15, -0.1) is 0 Å². The van der Waals surface area contributed by atoms with E-state index in [9.17, 15) is 4.79 Å². The second-order valence-electron chi connectivity index (χ2n) is 2.76. The number of allylic oxidation sites excluding steroid dienone is 1. The van der Waals surface area contributed by atoms with Gasteiger partial charge < -0.3 is 15.5 Å². The molecule has 14 heavy (non-hydrogen) atoms. The van der Waals surface area contributed by atoms with Crippen molar-refractivity contribution in [2.24, 2.45) is 0 Å². The average Bonchev–Trinajstić information content (AvgIpc) is 2.13. The van der Waals surface area contributed by atoms with Crippen molar-refractivity contribution in [1.29, 1.82) is 5.26 Å². The highest BCUT2D eigenvalue weighted by Crippen LogP contribution is 1.99. The van der Waals surface area contributed by atoms with Crippen LogP contribution in [0, 0.1) is 11.3 Å². The Morgan fingerprint density at radius 1 is 1.50 bits per heavy atom. The molecule has 0 radical (unpaired) electrons. The highest BCUT2D eigenvalue weighted by Gasteiger charge is 2.10. The van der Waals surface area contributed by atoms with Crippen LogP contribution in [0.1, 0.15) is 19.8 Å². The van der Waals surface area contributed by atoms with Crippen LogP contribution in [0.15, 0.2) is 11.3 Å². The van der Waals surface area contributed by atoms with E-state index >= 15 is 0 Å². The third-order valence-corrected chi connectivity index (χ3v) is 1.57. The molecule has 0 unspecified atom stereocenters. The largest absolute Gasteiger partial charge is 0.511 e. The first-order valence-corrected chi connectivity index (χ1v) is 4.32. The van der Waals surface area contributed by atoms with Gasteiger partial charge in [-0.2, -0.15) is 5.26 Å². The molecule has 0 aliphatic heterocycles. The normalized spacial score (nSPS) is 11.5. The number of unbranched alkanes of at least 4 members (excludes halogenated alkanes) is 1. The van der Waals surface area contributed by atoms with Crippen molar-refractivity contribution >= 4 is 5.91 Å². The number of hydrogen-bond acceptors (Lipinski definition) is 4. The summed E-state index contributed by atoms with van der Waals surface area (Å²) in [5.41, 5.74) is -0.269. The lowest BCUT2D eigenvalue weighted by Crippen LogP contribution is -2.26. The predicted molar refractivity (Wildman–Crippen MR) is 50.3 cm³/mol. The van der Waals surface area contributed by atoms with E-state index in [0.29, 0.717) is 19.4 Å². The van der Waals surface area contributed by atoms with Gasteiger partial charge in [0, 0.05) is 13.2 Å². The third kappa shape index (κ3) is 4.48. The first-order valence-electron chi connectivity index (χ1n) is 4.32. The molecule has 5 nitrogen and oxygen atoms in total. The molecule has 0 aromatic rings. The van der Waals surface area contributed by atoms with Gasteiger partial charge >= 0.3 is 0 Å². The fourth-order valence-corrected chi connectivity index (χ4v) is 0.823. The molecule has 5 heteroatoms. The minimum Gasteiger partial charge on any atom is -0.511 e. The monoisotopic (exact) mass is 198 g/mol. The van der Waals surface area contributed by atoms with Crippen molar-refractivity contribution in [2.45, 2.75) is 19.8 Å². The number of nitrogens with zero attached hydrogens (tertiary/aromatic N) is 1. The quantitative estimate of drug-likeness (QED) is 0.255. The van der Waals surface area contributed by atoms with Gasteiger partial charge in [-0.1, -0.05) is 0 Å². The van der Waals surface area contributed by atoms with E-state index in [4.69, 9.17) is 15.5 Å². The zero-order valence-corrected chi connectivity index (χ0v) is 8.08. The van der Waals surface area contributed by atoms with Crippen LogP contribution in [0.25, 0.3) is 0 Å². The smallest absolute Gasteiger partial charge is 0.265 e. The van der Waals surface area contributed by atoms with Gasteiger partial charge in [0.05, 0.1) is 0 Å². The first-order chi connectivity index (χ1) is 6.63. The maximum absolute atomic E-state index is 11.2. The van der Waals surface area contributed by atoms with Gasteiger partial charge in [0.1, 0.15) is 11.8 Å². The van der Waals surface area contributed by atoms with Crippen LogP contribution in [-0.4, -0.2) is 29.3 Å². The van der Waals surface area contributed by atoms with Crippen LogP contribution in [0.2, 0.25) is 0 Å². The van der Waals surface area contributed by atoms with Crippen LogP contribution < -0.4 is 5.32 Å². The van der Waals surface area contributed by atoms with Gasteiger partial charge in [0.25, 0.3) is 5.91 Å². The topological polar surface area (TPSA) is 93.3 Å². The van der Waals surface area contributed by atoms with Crippen molar-refractivity contribution in [1.82, 2.24) is 5.32 Å². The second-order valence-corrected chi connectivity index (χ2v) is 2.76. The van der Waals surface area contributed by atoms with E-state index in [2.05, 4.69) is 5.32 Å². The summed E-state index contributed by atoms with van der Waals surface area (Å²) in [4.78, 5) is 11.2. The molecule has 0 aromatic heterocycles. The van der Waals surface area contributed by atoms with Gasteiger partial charge in [-0.25, -0.2) is 0 Å². The molecule has 0 rings (SSSR count). The summed E-state index contributed by atoms with van der Waals surface area (Å²) >= 11 is 0. The zero-order valence-electron chi connectivity index (χ0n) is 8.08. The lowest BCUT2D eigenvalue weighted by Gasteiger charge is -2.03. The van der Waals surface area contributed by atoms with E-state index in [0.717, 1.165) is 0 Å². The molecule has 0 atom stereocenters. The predicted octanol–water partition coefficient (Wildman–Crippen LogP) is 0.231. The average molecular weight is 198 g/mol. The van der Waals surface area contributed by atoms with Crippen molar-refractivity contribution < 1.29 is 15.0 Å². The first kappa shape index (κ1) is 12.5. The maximum Gasteiger partial charge on any atom is 0.265 e. The molecule has 0 aromatic carbocycles. The van der Waals surface area contributed by atoms with E-state index < -0.39 is 5.91 Å². The minimum absolute atomic E-state index is 0.0792. The fraction of sp³-hybridized carbons (Fsp3) is 0.556. The summed E-state index contributed by atoms with van der Waals surface area (Å²) < 4.78 is 0. The summed E-state index contributed by atoms with van der Waals surface area (Å²) in [6.45, 7) is 1.75. The highest BCUT2D eigenvalue weighted by atomic mass is 16.3. The van der Waals surface area contributed by atoms with E-state index in [1.54, 1.807) is 6.07 Å². The zero-order chi connectivity index (χ0) is 11.0. The Bertz CT molecular complexity index is 262. The van der Waals surface area contributed by atoms with E-state index in [1.165, 1.54) is 6.92 Å². The van der Waals surface area contributed by atoms with Crippen molar-refractivity contribution in [2.75, 3.05) is 13.2 Å². The van der Waals surface area contributed by atoms with Crippen molar-refractivity contribution in [3.8, 4) is 6.07 Å². The second kappa shape index (κ2) is 6.92. The molecule has 0 spiro atoms. The number of nitrogens with one attached hydrogen (secondary N) is 1. The van der Waals surface area contributed by atoms with Crippen LogP contribution in [0.5, 0.6) is 0 Å². The van der Waals surface area contributed by atoms with E-state index in [1.807, 2.05) is 0 Å². The number of carbonyl (C=O) groups is 1. The summed E-state index contributed by atoms with van der Waals surface area (Å²) in [6, 6.07) is 1.61. The Hall–Kier alpha value is -1.54. The molecule has 0 saturated heterocycles. The number of carbonyl (C=O) groups excluding carboxylic acids is 1. The van der Waals surface area contributed by atoms with Gasteiger partial charge in [0.15, 0.2) is 5.57 Å². The van der Waals surface area contributed by atoms with Crippen LogP contribution in [0.4, 0.5) is 0 Å². The number of hydrogen-bond donors (Lipinski definition) is 3. The molecule has 0 fully saturated rings. The Morgan fingerprint density at radius 3 is 2.57 bits per heavy atom. The number of aliphatic hydroxyl groups is 2. The molecule has 1 amide bonds. The molecule has 0 heterocycles. The summed E-state index contributed by atoms with van der Waals surface area (Å²) in [5, 5.41) is 28.4. The lowest BCUT2D eigenvalue weighted by atomic mass is 10.2. The molecule has 78 valence electrons. The Kier molecular flexibility index (Phi) is 6.16. The van der Waals surface area contributed by atoms with Gasteiger partial charge in [-0.05, 0) is 19.8 Å². The van der Waals surface area contributed by atoms with Crippen molar-refractivity contribution in [3.63, 3.8) is 0 Å². The summed E-state index contributed by atoms with van der Waals surface area (Å²) in [6.07, 6.45) is 1.25. The highest BCUT2D eigenvalue weighted by molar-refractivity contribution is 5.97. The van der Waals surface area contributed by atoms with Gasteiger partial charge in [-0.3, -0.25) is 4.79 Å². The number of nitriles is 1. The van der Waals surface area contributed by atoms with Crippen LogP contribution in [-0.2, 0) is 4.79 Å². The van der Waals surface area contributed by atoms with Crippen molar-refractivity contribution in [3.05, 3.63) is 11.3 Å². The fourth-order valence-electron chi connectivity index (χ4n) is 0.823.